The second kappa shape index (κ2) is 9.78. The summed E-state index contributed by atoms with van der Waals surface area (Å²) in [6.45, 7) is 1.20. The summed E-state index contributed by atoms with van der Waals surface area (Å²) in [6, 6.07) is 12.9. The van der Waals surface area contributed by atoms with Crippen molar-refractivity contribution >= 4 is 35.8 Å². The Morgan fingerprint density at radius 2 is 1.83 bits per heavy atom. The molecule has 0 fully saturated rings. The molecule has 1 aromatic carbocycles. The molecule has 2 aromatic rings. The van der Waals surface area contributed by atoms with Crippen molar-refractivity contribution in [2.45, 2.75) is 13.1 Å². The third-order valence-electron chi connectivity index (χ3n) is 3.09. The van der Waals surface area contributed by atoms with Gasteiger partial charge in [0.05, 0.1) is 12.2 Å². The van der Waals surface area contributed by atoms with Crippen molar-refractivity contribution in [2.75, 3.05) is 7.05 Å². The molecular formula is C16H20IN5O. The third-order valence-corrected chi connectivity index (χ3v) is 3.09. The number of rotatable bonds is 5. The molecule has 0 aliphatic heterocycles. The highest BCUT2D eigenvalue weighted by Gasteiger charge is 2.02. The van der Waals surface area contributed by atoms with E-state index in [0.29, 0.717) is 24.6 Å². The van der Waals surface area contributed by atoms with E-state index in [9.17, 15) is 4.79 Å². The summed E-state index contributed by atoms with van der Waals surface area (Å²) < 4.78 is 0. The van der Waals surface area contributed by atoms with Crippen LogP contribution in [0, 0.1) is 0 Å². The van der Waals surface area contributed by atoms with Crippen LogP contribution in [0.5, 0.6) is 0 Å². The molecule has 0 radical (unpaired) electrons. The van der Waals surface area contributed by atoms with Crippen LogP contribution in [0.3, 0.4) is 0 Å². The Kier molecular flexibility index (Phi) is 8.03. The van der Waals surface area contributed by atoms with E-state index in [-0.39, 0.29) is 24.0 Å². The largest absolute Gasteiger partial charge is 0.366 e. The fourth-order valence-electron chi connectivity index (χ4n) is 1.87. The van der Waals surface area contributed by atoms with Crippen LogP contribution in [0.25, 0.3) is 0 Å². The molecule has 122 valence electrons. The van der Waals surface area contributed by atoms with Crippen molar-refractivity contribution in [3.05, 3.63) is 65.5 Å². The summed E-state index contributed by atoms with van der Waals surface area (Å²) in [5.41, 5.74) is 7.69. The Morgan fingerprint density at radius 3 is 2.39 bits per heavy atom. The number of hydrogen-bond acceptors (Lipinski definition) is 3. The Morgan fingerprint density at radius 1 is 1.13 bits per heavy atom. The summed E-state index contributed by atoms with van der Waals surface area (Å²) >= 11 is 0. The average molecular weight is 425 g/mol. The molecule has 4 N–H and O–H groups in total. The lowest BCUT2D eigenvalue weighted by Crippen LogP contribution is -2.36. The Bertz CT molecular complexity index is 643. The number of carbonyl (C=O) groups excluding carboxylic acids is 1. The topological polar surface area (TPSA) is 92.4 Å². The molecule has 0 bridgehead atoms. The molecule has 1 aromatic heterocycles. The van der Waals surface area contributed by atoms with Crippen LogP contribution in [0.4, 0.5) is 0 Å². The van der Waals surface area contributed by atoms with Crippen molar-refractivity contribution in [3.63, 3.8) is 0 Å². The van der Waals surface area contributed by atoms with Crippen LogP contribution in [-0.4, -0.2) is 23.9 Å². The number of carbonyl (C=O) groups is 1. The van der Waals surface area contributed by atoms with E-state index in [4.69, 9.17) is 5.73 Å². The third kappa shape index (κ3) is 6.23. The van der Waals surface area contributed by atoms with E-state index in [2.05, 4.69) is 20.6 Å². The highest BCUT2D eigenvalue weighted by atomic mass is 127. The van der Waals surface area contributed by atoms with Gasteiger partial charge in [0.1, 0.15) is 0 Å². The van der Waals surface area contributed by atoms with Crippen molar-refractivity contribution in [1.29, 1.82) is 0 Å². The number of primary amides is 1. The van der Waals surface area contributed by atoms with E-state index in [0.717, 1.165) is 11.3 Å². The molecule has 0 aliphatic carbocycles. The molecule has 0 saturated heterocycles. The predicted octanol–water partition coefficient (Wildman–Crippen LogP) is 1.66. The molecular weight excluding hydrogens is 405 g/mol. The van der Waals surface area contributed by atoms with Gasteiger partial charge in [0, 0.05) is 25.4 Å². The Balaban J connectivity index is 0.00000264. The quantitative estimate of drug-likeness (QED) is 0.386. The number of nitrogens with one attached hydrogen (secondary N) is 2. The monoisotopic (exact) mass is 425 g/mol. The first-order valence-corrected chi connectivity index (χ1v) is 6.92. The van der Waals surface area contributed by atoms with Crippen molar-refractivity contribution in [1.82, 2.24) is 15.6 Å². The Labute approximate surface area is 152 Å². The van der Waals surface area contributed by atoms with Crippen LogP contribution in [0.1, 0.15) is 21.6 Å². The summed E-state index contributed by atoms with van der Waals surface area (Å²) in [7, 11) is 1.71. The number of nitrogens with two attached hydrogens (primary N) is 1. The van der Waals surface area contributed by atoms with Gasteiger partial charge < -0.3 is 16.4 Å². The minimum Gasteiger partial charge on any atom is -0.366 e. The van der Waals surface area contributed by atoms with Gasteiger partial charge in [-0.25, -0.2) is 0 Å². The van der Waals surface area contributed by atoms with Crippen LogP contribution in [-0.2, 0) is 13.1 Å². The fourth-order valence-corrected chi connectivity index (χ4v) is 1.87. The molecule has 2 rings (SSSR count). The van der Waals surface area contributed by atoms with Crippen LogP contribution >= 0.6 is 24.0 Å². The van der Waals surface area contributed by atoms with Gasteiger partial charge in [-0.1, -0.05) is 18.2 Å². The van der Waals surface area contributed by atoms with Gasteiger partial charge in [-0.3, -0.25) is 14.8 Å². The minimum absolute atomic E-state index is 0. The highest BCUT2D eigenvalue weighted by Crippen LogP contribution is 2.03. The number of guanidine groups is 1. The predicted molar refractivity (Wildman–Crippen MR) is 102 cm³/mol. The van der Waals surface area contributed by atoms with E-state index >= 15 is 0 Å². The number of hydrogen-bond donors (Lipinski definition) is 3. The van der Waals surface area contributed by atoms with E-state index < -0.39 is 5.91 Å². The second-order valence-electron chi connectivity index (χ2n) is 4.66. The summed E-state index contributed by atoms with van der Waals surface area (Å²) in [5, 5.41) is 6.39. The zero-order valence-corrected chi connectivity index (χ0v) is 15.2. The minimum atomic E-state index is -0.424. The van der Waals surface area contributed by atoms with Gasteiger partial charge in [0.25, 0.3) is 0 Å². The van der Waals surface area contributed by atoms with Crippen LogP contribution in [0.15, 0.2) is 53.7 Å². The van der Waals surface area contributed by atoms with Crippen molar-refractivity contribution in [2.24, 2.45) is 10.7 Å². The smallest absolute Gasteiger partial charge is 0.248 e. The molecule has 0 unspecified atom stereocenters. The molecule has 23 heavy (non-hydrogen) atoms. The van der Waals surface area contributed by atoms with Crippen molar-refractivity contribution < 1.29 is 4.79 Å². The molecule has 1 amide bonds. The zero-order valence-electron chi connectivity index (χ0n) is 12.8. The average Bonchev–Trinajstić information content (AvgIpc) is 2.56. The number of amides is 1. The maximum Gasteiger partial charge on any atom is 0.248 e. The number of halogens is 1. The van der Waals surface area contributed by atoms with Gasteiger partial charge in [0.15, 0.2) is 5.96 Å². The number of benzene rings is 1. The maximum absolute atomic E-state index is 11.0. The molecule has 7 heteroatoms. The van der Waals surface area contributed by atoms with Crippen LogP contribution in [0.2, 0.25) is 0 Å². The molecule has 0 saturated carbocycles. The summed E-state index contributed by atoms with van der Waals surface area (Å²) in [5.74, 6) is 0.261. The van der Waals surface area contributed by atoms with Gasteiger partial charge in [-0.05, 0) is 29.8 Å². The second-order valence-corrected chi connectivity index (χ2v) is 4.66. The maximum atomic E-state index is 11.0. The lowest BCUT2D eigenvalue weighted by molar-refractivity contribution is 0.100. The Hall–Kier alpha value is -2.16. The fraction of sp³-hybridized carbons (Fsp3) is 0.188. The molecule has 6 nitrogen and oxygen atoms in total. The number of nitrogens with zero attached hydrogens (tertiary/aromatic N) is 2. The zero-order chi connectivity index (χ0) is 15.8. The van der Waals surface area contributed by atoms with E-state index in [1.165, 1.54) is 0 Å². The summed E-state index contributed by atoms with van der Waals surface area (Å²) in [4.78, 5) is 19.4. The number of aromatic nitrogens is 1. The van der Waals surface area contributed by atoms with Crippen molar-refractivity contribution in [3.8, 4) is 0 Å². The SMILES string of the molecule is CN=C(NCc1ccc(C(N)=O)cc1)NCc1ccccn1.I. The highest BCUT2D eigenvalue weighted by molar-refractivity contribution is 14.0. The van der Waals surface area contributed by atoms with Crippen LogP contribution < -0.4 is 16.4 Å². The molecule has 1 heterocycles. The normalized spacial score (nSPS) is 10.6. The first-order chi connectivity index (χ1) is 10.7. The summed E-state index contributed by atoms with van der Waals surface area (Å²) in [6.07, 6.45) is 1.76. The first-order valence-electron chi connectivity index (χ1n) is 6.92. The van der Waals surface area contributed by atoms with Gasteiger partial charge in [0.2, 0.25) is 5.91 Å². The standard InChI is InChI=1S/C16H19N5O.HI/c1-18-16(21-11-14-4-2-3-9-19-14)20-10-12-5-7-13(8-6-12)15(17)22;/h2-9H,10-11H2,1H3,(H2,17,22)(H2,18,20,21);1H. The van der Waals surface area contributed by atoms with Gasteiger partial charge in [-0.2, -0.15) is 0 Å². The molecule has 0 spiro atoms. The van der Waals surface area contributed by atoms with Gasteiger partial charge >= 0.3 is 0 Å². The van der Waals surface area contributed by atoms with E-state index in [1.807, 2.05) is 30.3 Å². The number of pyridine rings is 1. The molecule has 0 atom stereocenters. The number of aliphatic imine (C=N–C) groups is 1. The van der Waals surface area contributed by atoms with Gasteiger partial charge in [-0.15, -0.1) is 24.0 Å². The van der Waals surface area contributed by atoms with E-state index in [1.54, 1.807) is 25.4 Å². The lowest BCUT2D eigenvalue weighted by atomic mass is 10.1. The first kappa shape index (κ1) is 18.9. The molecule has 0 aliphatic rings. The lowest BCUT2D eigenvalue weighted by Gasteiger charge is -2.11.